The van der Waals surface area contributed by atoms with E-state index in [1.807, 2.05) is 19.2 Å². The van der Waals surface area contributed by atoms with Crippen molar-refractivity contribution in [3.05, 3.63) is 54.1 Å². The van der Waals surface area contributed by atoms with E-state index in [4.69, 9.17) is 9.47 Å². The molecule has 28 heavy (non-hydrogen) atoms. The zero-order chi connectivity index (χ0) is 20.4. The summed E-state index contributed by atoms with van der Waals surface area (Å²) in [4.78, 5) is 25.2. The smallest absolute Gasteiger partial charge is 0.251 e. The highest BCUT2D eigenvalue weighted by molar-refractivity contribution is 7.98. The maximum atomic E-state index is 12.8. The van der Waals surface area contributed by atoms with Crippen LogP contribution in [0.4, 0.5) is 5.69 Å². The molecule has 0 aliphatic carbocycles. The van der Waals surface area contributed by atoms with Crippen LogP contribution < -0.4 is 20.1 Å². The minimum absolute atomic E-state index is 0.272. The fourth-order valence-electron chi connectivity index (χ4n) is 2.59. The molecule has 6 nitrogen and oxygen atoms in total. The van der Waals surface area contributed by atoms with Crippen molar-refractivity contribution in [1.82, 2.24) is 5.32 Å². The molecular weight excluding hydrogens is 376 g/mol. The van der Waals surface area contributed by atoms with Gasteiger partial charge in [0.25, 0.3) is 5.91 Å². The van der Waals surface area contributed by atoms with Crippen molar-refractivity contribution in [2.24, 2.45) is 0 Å². The molecule has 0 saturated carbocycles. The standard InChI is InChI=1S/C21H26N2O4S/c1-4-27-18-11-10-16(14-19(18)26-2)22-21(25)17(12-13-28-3)23-20(24)15-8-6-5-7-9-15/h5-11,14,17H,4,12-13H2,1-3H3,(H,22,25)(H,23,24)/t17-/m0/s1. The van der Waals surface area contributed by atoms with Crippen molar-refractivity contribution in [1.29, 1.82) is 0 Å². The minimum Gasteiger partial charge on any atom is -0.493 e. The SMILES string of the molecule is CCOc1ccc(NC(=O)[C@H](CCSC)NC(=O)c2ccccc2)cc1OC. The zero-order valence-electron chi connectivity index (χ0n) is 16.4. The maximum absolute atomic E-state index is 12.8. The molecule has 0 saturated heterocycles. The lowest BCUT2D eigenvalue weighted by molar-refractivity contribution is -0.118. The first-order valence-corrected chi connectivity index (χ1v) is 10.4. The summed E-state index contributed by atoms with van der Waals surface area (Å²) in [6.45, 7) is 2.41. The Bertz CT molecular complexity index is 783. The van der Waals surface area contributed by atoms with Gasteiger partial charge in [-0.05, 0) is 49.6 Å². The third-order valence-corrected chi connectivity index (χ3v) is 4.64. The summed E-state index contributed by atoms with van der Waals surface area (Å²) < 4.78 is 10.8. The van der Waals surface area contributed by atoms with E-state index >= 15 is 0 Å². The second-order valence-corrected chi connectivity index (χ2v) is 6.95. The van der Waals surface area contributed by atoms with Crippen LogP contribution in [-0.2, 0) is 4.79 Å². The lowest BCUT2D eigenvalue weighted by Gasteiger charge is -2.19. The molecule has 1 atom stereocenters. The van der Waals surface area contributed by atoms with Gasteiger partial charge in [0.05, 0.1) is 13.7 Å². The monoisotopic (exact) mass is 402 g/mol. The highest BCUT2D eigenvalue weighted by Crippen LogP contribution is 2.30. The van der Waals surface area contributed by atoms with Crippen LogP contribution in [0.2, 0.25) is 0 Å². The molecule has 0 aliphatic rings. The van der Waals surface area contributed by atoms with Gasteiger partial charge >= 0.3 is 0 Å². The Labute approximate surface area is 170 Å². The van der Waals surface area contributed by atoms with Gasteiger partial charge in [0.2, 0.25) is 5.91 Å². The van der Waals surface area contributed by atoms with Gasteiger partial charge < -0.3 is 20.1 Å². The molecule has 150 valence electrons. The third-order valence-electron chi connectivity index (χ3n) is 4.00. The number of nitrogens with one attached hydrogen (secondary N) is 2. The van der Waals surface area contributed by atoms with E-state index in [0.717, 1.165) is 5.75 Å². The first-order chi connectivity index (χ1) is 13.6. The number of thioether (sulfide) groups is 1. The molecule has 0 aliphatic heterocycles. The second kappa shape index (κ2) is 11.2. The Morgan fingerprint density at radius 2 is 1.86 bits per heavy atom. The molecule has 0 radical (unpaired) electrons. The Hall–Kier alpha value is -2.67. The largest absolute Gasteiger partial charge is 0.493 e. The number of anilines is 1. The lowest BCUT2D eigenvalue weighted by Crippen LogP contribution is -2.44. The quantitative estimate of drug-likeness (QED) is 0.635. The van der Waals surface area contributed by atoms with Gasteiger partial charge in [0.1, 0.15) is 6.04 Å². The van der Waals surface area contributed by atoms with E-state index in [1.165, 1.54) is 0 Å². The average Bonchev–Trinajstić information content (AvgIpc) is 2.72. The maximum Gasteiger partial charge on any atom is 0.251 e. The molecular formula is C21H26N2O4S. The number of ether oxygens (including phenoxy) is 2. The Balaban J connectivity index is 2.11. The summed E-state index contributed by atoms with van der Waals surface area (Å²) in [7, 11) is 1.55. The first kappa shape index (κ1) is 21.6. The summed E-state index contributed by atoms with van der Waals surface area (Å²) in [5.74, 6) is 1.35. The van der Waals surface area contributed by atoms with Crippen LogP contribution >= 0.6 is 11.8 Å². The summed E-state index contributed by atoms with van der Waals surface area (Å²) in [5, 5.41) is 5.68. The Morgan fingerprint density at radius 1 is 1.11 bits per heavy atom. The van der Waals surface area contributed by atoms with Crippen molar-refractivity contribution in [2.45, 2.75) is 19.4 Å². The van der Waals surface area contributed by atoms with Gasteiger partial charge in [-0.25, -0.2) is 0 Å². The summed E-state index contributed by atoms with van der Waals surface area (Å²) in [6, 6.07) is 13.4. The predicted molar refractivity (Wildman–Crippen MR) is 113 cm³/mol. The highest BCUT2D eigenvalue weighted by atomic mass is 32.2. The van der Waals surface area contributed by atoms with Crippen molar-refractivity contribution >= 4 is 29.3 Å². The summed E-state index contributed by atoms with van der Waals surface area (Å²) in [5.41, 5.74) is 1.10. The lowest BCUT2D eigenvalue weighted by atomic mass is 10.1. The molecule has 2 aromatic rings. The number of hydrogen-bond acceptors (Lipinski definition) is 5. The van der Waals surface area contributed by atoms with Crippen LogP contribution in [0.5, 0.6) is 11.5 Å². The van der Waals surface area contributed by atoms with Gasteiger partial charge in [0.15, 0.2) is 11.5 Å². The first-order valence-electron chi connectivity index (χ1n) is 9.05. The van der Waals surface area contributed by atoms with E-state index in [9.17, 15) is 9.59 Å². The number of carbonyl (C=O) groups is 2. The molecule has 0 aromatic heterocycles. The summed E-state index contributed by atoms with van der Waals surface area (Å²) >= 11 is 1.62. The Kier molecular flexibility index (Phi) is 8.68. The molecule has 0 heterocycles. The van der Waals surface area contributed by atoms with Gasteiger partial charge in [0, 0.05) is 17.3 Å². The van der Waals surface area contributed by atoms with Gasteiger partial charge in [-0.15, -0.1) is 0 Å². The predicted octanol–water partition coefficient (Wildman–Crippen LogP) is 3.58. The average molecular weight is 403 g/mol. The molecule has 2 rings (SSSR count). The van der Waals surface area contributed by atoms with Crippen molar-refractivity contribution in [3.63, 3.8) is 0 Å². The topological polar surface area (TPSA) is 76.7 Å². The van der Waals surface area contributed by atoms with Crippen LogP contribution in [-0.4, -0.2) is 43.6 Å². The molecule has 2 N–H and O–H groups in total. The fourth-order valence-corrected chi connectivity index (χ4v) is 3.06. The molecule has 2 amide bonds. The zero-order valence-corrected chi connectivity index (χ0v) is 17.2. The second-order valence-electron chi connectivity index (χ2n) is 5.96. The van der Waals surface area contributed by atoms with Crippen LogP contribution in [0.3, 0.4) is 0 Å². The van der Waals surface area contributed by atoms with Crippen LogP contribution in [0, 0.1) is 0 Å². The molecule has 0 bridgehead atoms. The summed E-state index contributed by atoms with van der Waals surface area (Å²) in [6.07, 6.45) is 2.49. The van der Waals surface area contributed by atoms with E-state index in [1.54, 1.807) is 61.3 Å². The number of carbonyl (C=O) groups excluding carboxylic acids is 2. The third kappa shape index (κ3) is 6.20. The number of benzene rings is 2. The molecule has 0 fully saturated rings. The van der Waals surface area contributed by atoms with E-state index in [0.29, 0.717) is 35.8 Å². The van der Waals surface area contributed by atoms with Gasteiger partial charge in [-0.2, -0.15) is 11.8 Å². The number of rotatable bonds is 10. The fraction of sp³-hybridized carbons (Fsp3) is 0.333. The molecule has 0 spiro atoms. The van der Waals surface area contributed by atoms with E-state index < -0.39 is 6.04 Å². The number of hydrogen-bond donors (Lipinski definition) is 2. The van der Waals surface area contributed by atoms with Crippen molar-refractivity contribution in [3.8, 4) is 11.5 Å². The van der Waals surface area contributed by atoms with Crippen LogP contribution in [0.15, 0.2) is 48.5 Å². The van der Waals surface area contributed by atoms with Gasteiger partial charge in [-0.1, -0.05) is 18.2 Å². The molecule has 0 unspecified atom stereocenters. The minimum atomic E-state index is -0.641. The van der Waals surface area contributed by atoms with Crippen molar-refractivity contribution in [2.75, 3.05) is 31.0 Å². The van der Waals surface area contributed by atoms with E-state index in [-0.39, 0.29) is 11.8 Å². The number of amides is 2. The van der Waals surface area contributed by atoms with Crippen LogP contribution in [0.25, 0.3) is 0 Å². The normalized spacial score (nSPS) is 11.4. The Morgan fingerprint density at radius 3 is 2.50 bits per heavy atom. The van der Waals surface area contributed by atoms with Crippen molar-refractivity contribution < 1.29 is 19.1 Å². The van der Waals surface area contributed by atoms with Gasteiger partial charge in [-0.3, -0.25) is 9.59 Å². The molecule has 7 heteroatoms. The van der Waals surface area contributed by atoms with E-state index in [2.05, 4.69) is 10.6 Å². The molecule has 2 aromatic carbocycles. The van der Waals surface area contributed by atoms with Crippen LogP contribution in [0.1, 0.15) is 23.7 Å². The highest BCUT2D eigenvalue weighted by Gasteiger charge is 2.21. The number of methoxy groups -OCH3 is 1.